The quantitative estimate of drug-likeness (QED) is 0.753. The maximum atomic E-state index is 13.0. The van der Waals surface area contributed by atoms with E-state index in [1.165, 1.54) is 29.3 Å². The van der Waals surface area contributed by atoms with Crippen LogP contribution in [-0.2, 0) is 0 Å². The smallest absolute Gasteiger partial charge is 0.271 e. The number of nitrogens with zero attached hydrogens (tertiary/aromatic N) is 3. The van der Waals surface area contributed by atoms with E-state index >= 15 is 0 Å². The first-order valence-corrected chi connectivity index (χ1v) is 9.43. The molecule has 0 spiro atoms. The molecule has 7 nitrogen and oxygen atoms in total. The Morgan fingerprint density at radius 2 is 1.54 bits per heavy atom. The number of fused-ring (bicyclic) bond motifs is 2. The molecule has 4 amide bonds. The van der Waals surface area contributed by atoms with Crippen LogP contribution in [-0.4, -0.2) is 39.6 Å². The molecular weight excluding hydrogens is 358 g/mol. The van der Waals surface area contributed by atoms with Gasteiger partial charge in [0.05, 0.1) is 22.4 Å². The normalized spacial score (nSPS) is 19.4. The van der Waals surface area contributed by atoms with Crippen LogP contribution in [0.2, 0.25) is 0 Å². The molecule has 5 rings (SSSR count). The predicted octanol–water partition coefficient (Wildman–Crippen LogP) is 2.81. The van der Waals surface area contributed by atoms with E-state index < -0.39 is 11.8 Å². The number of imide groups is 2. The Labute approximate surface area is 161 Å². The fraction of sp³-hybridized carbons (Fsp3) is 0.286. The molecule has 7 heteroatoms. The molecule has 28 heavy (non-hydrogen) atoms. The van der Waals surface area contributed by atoms with Crippen LogP contribution in [0.4, 0.5) is 5.69 Å². The molecule has 0 radical (unpaired) electrons. The van der Waals surface area contributed by atoms with Gasteiger partial charge >= 0.3 is 0 Å². The lowest BCUT2D eigenvalue weighted by atomic mass is 9.94. The van der Waals surface area contributed by atoms with Crippen LogP contribution in [0.1, 0.15) is 73.7 Å². The molecule has 3 heterocycles. The molecule has 1 fully saturated rings. The highest BCUT2D eigenvalue weighted by Gasteiger charge is 2.42. The predicted molar refractivity (Wildman–Crippen MR) is 99.2 cm³/mol. The van der Waals surface area contributed by atoms with Crippen molar-refractivity contribution in [2.75, 3.05) is 4.90 Å². The lowest BCUT2D eigenvalue weighted by molar-refractivity contribution is 0.0548. The minimum Gasteiger partial charge on any atom is -0.271 e. The number of aromatic nitrogens is 1. The molecule has 0 saturated heterocycles. The van der Waals surface area contributed by atoms with Gasteiger partial charge < -0.3 is 0 Å². The maximum Gasteiger partial charge on any atom is 0.284 e. The lowest BCUT2D eigenvalue weighted by Gasteiger charge is -2.29. The first kappa shape index (κ1) is 16.8. The SMILES string of the molecule is O=C1c2cccnc2C(=O)N1c1ccc2c(c1)C(=O)N(C1CCCCC1)C2=O. The summed E-state index contributed by atoms with van der Waals surface area (Å²) in [6, 6.07) is 7.62. The third-order valence-corrected chi connectivity index (χ3v) is 5.75. The minimum atomic E-state index is -0.526. The fourth-order valence-corrected chi connectivity index (χ4v) is 4.36. The van der Waals surface area contributed by atoms with Gasteiger partial charge in [-0.15, -0.1) is 0 Å². The highest BCUT2D eigenvalue weighted by molar-refractivity contribution is 6.34. The number of anilines is 1. The van der Waals surface area contributed by atoms with Crippen LogP contribution in [0.25, 0.3) is 0 Å². The zero-order chi connectivity index (χ0) is 19.4. The van der Waals surface area contributed by atoms with Gasteiger partial charge in [-0.1, -0.05) is 19.3 Å². The van der Waals surface area contributed by atoms with E-state index in [0.717, 1.165) is 37.0 Å². The van der Waals surface area contributed by atoms with E-state index in [-0.39, 0.29) is 40.4 Å². The lowest BCUT2D eigenvalue weighted by Crippen LogP contribution is -2.40. The Morgan fingerprint density at radius 3 is 2.29 bits per heavy atom. The number of rotatable bonds is 2. The van der Waals surface area contributed by atoms with Crippen molar-refractivity contribution in [3.8, 4) is 0 Å². The van der Waals surface area contributed by atoms with Gasteiger partial charge in [0.2, 0.25) is 0 Å². The average Bonchev–Trinajstić information content (AvgIpc) is 3.13. The van der Waals surface area contributed by atoms with Gasteiger partial charge in [-0.25, -0.2) is 4.90 Å². The van der Waals surface area contributed by atoms with Crippen molar-refractivity contribution in [1.82, 2.24) is 9.88 Å². The minimum absolute atomic E-state index is 0.0758. The summed E-state index contributed by atoms with van der Waals surface area (Å²) < 4.78 is 0. The number of carbonyl (C=O) groups excluding carboxylic acids is 4. The summed E-state index contributed by atoms with van der Waals surface area (Å²) in [6.07, 6.45) is 6.24. The summed E-state index contributed by atoms with van der Waals surface area (Å²) in [7, 11) is 0. The highest BCUT2D eigenvalue weighted by atomic mass is 16.2. The molecule has 0 N–H and O–H groups in total. The summed E-state index contributed by atoms with van der Waals surface area (Å²) in [5, 5.41) is 0. The van der Waals surface area contributed by atoms with Crippen LogP contribution >= 0.6 is 0 Å². The molecule has 2 aromatic rings. The van der Waals surface area contributed by atoms with Gasteiger partial charge in [0.1, 0.15) is 5.69 Å². The molecular formula is C21H17N3O4. The Morgan fingerprint density at radius 1 is 0.786 bits per heavy atom. The first-order valence-electron chi connectivity index (χ1n) is 9.43. The summed E-state index contributed by atoms with van der Waals surface area (Å²) >= 11 is 0. The van der Waals surface area contributed by atoms with Crippen LogP contribution in [0.15, 0.2) is 36.5 Å². The Balaban J connectivity index is 1.51. The number of carbonyl (C=O) groups is 4. The molecule has 3 aliphatic rings. The van der Waals surface area contributed by atoms with Crippen molar-refractivity contribution < 1.29 is 19.2 Å². The Kier molecular flexibility index (Phi) is 3.65. The Bertz CT molecular complexity index is 1020. The van der Waals surface area contributed by atoms with Gasteiger partial charge in [0.25, 0.3) is 23.6 Å². The van der Waals surface area contributed by atoms with Crippen LogP contribution in [0.5, 0.6) is 0 Å². The number of hydrogen-bond donors (Lipinski definition) is 0. The zero-order valence-electron chi connectivity index (χ0n) is 15.1. The van der Waals surface area contributed by atoms with Gasteiger partial charge in [0.15, 0.2) is 0 Å². The second-order valence-electron chi connectivity index (χ2n) is 7.35. The monoisotopic (exact) mass is 375 g/mol. The number of amides is 4. The molecule has 140 valence electrons. The third kappa shape index (κ3) is 2.25. The number of pyridine rings is 1. The molecule has 1 aromatic heterocycles. The van der Waals surface area contributed by atoms with Gasteiger partial charge in [-0.3, -0.25) is 29.1 Å². The van der Waals surface area contributed by atoms with Gasteiger partial charge in [-0.05, 0) is 43.2 Å². The first-order chi connectivity index (χ1) is 13.6. The van der Waals surface area contributed by atoms with Crippen LogP contribution in [0, 0.1) is 0 Å². The Hall–Kier alpha value is -3.35. The second-order valence-corrected chi connectivity index (χ2v) is 7.35. The van der Waals surface area contributed by atoms with E-state index in [1.807, 2.05) is 0 Å². The molecule has 1 saturated carbocycles. The molecule has 0 bridgehead atoms. The van der Waals surface area contributed by atoms with Crippen LogP contribution < -0.4 is 4.90 Å². The van der Waals surface area contributed by atoms with E-state index in [9.17, 15) is 19.2 Å². The van der Waals surface area contributed by atoms with Gasteiger partial charge in [0, 0.05) is 12.2 Å². The highest BCUT2D eigenvalue weighted by Crippen LogP contribution is 2.34. The summed E-state index contributed by atoms with van der Waals surface area (Å²) in [6.45, 7) is 0. The van der Waals surface area contributed by atoms with E-state index in [2.05, 4.69) is 4.98 Å². The van der Waals surface area contributed by atoms with E-state index in [1.54, 1.807) is 12.1 Å². The summed E-state index contributed by atoms with van der Waals surface area (Å²) in [5.41, 5.74) is 1.18. The van der Waals surface area contributed by atoms with Crippen molar-refractivity contribution in [2.24, 2.45) is 0 Å². The van der Waals surface area contributed by atoms with Crippen molar-refractivity contribution in [3.63, 3.8) is 0 Å². The van der Waals surface area contributed by atoms with Crippen molar-refractivity contribution in [2.45, 2.75) is 38.1 Å². The average molecular weight is 375 g/mol. The topological polar surface area (TPSA) is 87.7 Å². The van der Waals surface area contributed by atoms with Crippen molar-refractivity contribution in [3.05, 3.63) is 58.9 Å². The largest absolute Gasteiger partial charge is 0.284 e. The third-order valence-electron chi connectivity index (χ3n) is 5.75. The number of hydrogen-bond acceptors (Lipinski definition) is 5. The van der Waals surface area contributed by atoms with E-state index in [4.69, 9.17) is 0 Å². The number of benzene rings is 1. The molecule has 0 unspecified atom stereocenters. The summed E-state index contributed by atoms with van der Waals surface area (Å²) in [4.78, 5) is 57.4. The summed E-state index contributed by atoms with van der Waals surface area (Å²) in [5.74, 6) is -1.64. The maximum absolute atomic E-state index is 13.0. The van der Waals surface area contributed by atoms with Crippen LogP contribution in [0.3, 0.4) is 0 Å². The molecule has 2 aliphatic heterocycles. The van der Waals surface area contributed by atoms with Crippen molar-refractivity contribution >= 4 is 29.3 Å². The standard InChI is InChI=1S/C21H17N3O4/c25-18-14-9-8-13(24-19(26)15-7-4-10-22-17(15)21(24)28)11-16(14)20(27)23(18)12-5-2-1-3-6-12/h4,7-12H,1-3,5-6H2. The zero-order valence-corrected chi connectivity index (χ0v) is 15.1. The second kappa shape index (κ2) is 6.09. The molecule has 0 atom stereocenters. The molecule has 1 aliphatic carbocycles. The molecule has 1 aromatic carbocycles. The fourth-order valence-electron chi connectivity index (χ4n) is 4.36. The van der Waals surface area contributed by atoms with E-state index in [0.29, 0.717) is 5.56 Å². The van der Waals surface area contributed by atoms with Crippen molar-refractivity contribution in [1.29, 1.82) is 0 Å². The van der Waals surface area contributed by atoms with Gasteiger partial charge in [-0.2, -0.15) is 0 Å².